The molecule has 0 saturated heterocycles. The van der Waals surface area contributed by atoms with E-state index in [4.69, 9.17) is 0 Å². The first-order valence-electron chi connectivity index (χ1n) is 12.0. The van der Waals surface area contributed by atoms with Crippen molar-refractivity contribution >= 4 is 11.6 Å². The number of nitrogens with zero attached hydrogens (tertiary/aromatic N) is 1. The Morgan fingerprint density at radius 2 is 1.45 bits per heavy atom. The molecule has 0 atom stereocenters. The monoisotopic (exact) mass is 466 g/mol. The van der Waals surface area contributed by atoms with Crippen molar-refractivity contribution in [1.82, 2.24) is 4.90 Å². The lowest BCUT2D eigenvalue weighted by atomic mass is 10.0. The molecule has 0 aromatic heterocycles. The molecule has 0 saturated carbocycles. The van der Waals surface area contributed by atoms with Crippen molar-refractivity contribution in [1.29, 1.82) is 0 Å². The Balaban J connectivity index is 0.00000242. The molecule has 186 valence electrons. The van der Waals surface area contributed by atoms with Crippen LogP contribution in [0.25, 0.3) is 0 Å². The standard InChI is InChI=1S/C23H29F3N2O.2C2H6/c1-5-11-28(12-6-2)15-19-9-10-20(14-21(19)23(24,25)26)27-22(29)18-8-7-16(3)17(4)13-18;2*1-2/h7-10,13-14H,5-6,11-12,15H2,1-4H3,(H,27,29);2*1-2H3. The van der Waals surface area contributed by atoms with Crippen LogP contribution in [0.2, 0.25) is 0 Å². The van der Waals surface area contributed by atoms with E-state index in [0.29, 0.717) is 5.56 Å². The van der Waals surface area contributed by atoms with Crippen LogP contribution in [-0.4, -0.2) is 23.9 Å². The zero-order chi connectivity index (χ0) is 25.6. The van der Waals surface area contributed by atoms with Gasteiger partial charge in [0.2, 0.25) is 0 Å². The second kappa shape index (κ2) is 15.5. The molecule has 0 unspecified atom stereocenters. The molecular formula is C27H41F3N2O. The Morgan fingerprint density at radius 3 is 1.94 bits per heavy atom. The zero-order valence-corrected chi connectivity index (χ0v) is 21.5. The third kappa shape index (κ3) is 9.99. The van der Waals surface area contributed by atoms with E-state index >= 15 is 0 Å². The lowest BCUT2D eigenvalue weighted by molar-refractivity contribution is -0.138. The minimum atomic E-state index is -4.49. The first kappa shape index (κ1) is 30.7. The highest BCUT2D eigenvalue weighted by atomic mass is 19.4. The predicted octanol–water partition coefficient (Wildman–Crippen LogP) is 8.25. The molecule has 2 rings (SSSR count). The average Bonchev–Trinajstić information content (AvgIpc) is 2.79. The number of anilines is 1. The van der Waals surface area contributed by atoms with Crippen molar-refractivity contribution in [2.45, 2.75) is 81.0 Å². The van der Waals surface area contributed by atoms with Gasteiger partial charge in [-0.15, -0.1) is 0 Å². The van der Waals surface area contributed by atoms with Gasteiger partial charge in [0.1, 0.15) is 0 Å². The molecule has 2 aromatic rings. The predicted molar refractivity (Wildman–Crippen MR) is 134 cm³/mol. The van der Waals surface area contributed by atoms with E-state index < -0.39 is 17.6 Å². The molecule has 6 heteroatoms. The lowest BCUT2D eigenvalue weighted by Gasteiger charge is -2.23. The summed E-state index contributed by atoms with van der Waals surface area (Å²) in [5.74, 6) is -0.424. The second-order valence-electron chi connectivity index (χ2n) is 7.40. The molecular weight excluding hydrogens is 425 g/mol. The van der Waals surface area contributed by atoms with Gasteiger partial charge in [-0.1, -0.05) is 53.7 Å². The van der Waals surface area contributed by atoms with Crippen LogP contribution < -0.4 is 5.32 Å². The first-order chi connectivity index (χ1) is 15.7. The van der Waals surface area contributed by atoms with Crippen molar-refractivity contribution in [2.24, 2.45) is 0 Å². The smallest absolute Gasteiger partial charge is 0.322 e. The Bertz CT molecular complexity index is 842. The number of hydrogen-bond donors (Lipinski definition) is 1. The van der Waals surface area contributed by atoms with Crippen LogP contribution >= 0.6 is 0 Å². The third-order valence-corrected chi connectivity index (χ3v) is 4.92. The summed E-state index contributed by atoms with van der Waals surface area (Å²) in [5, 5.41) is 2.60. The van der Waals surface area contributed by atoms with Crippen LogP contribution in [0, 0.1) is 13.8 Å². The summed E-state index contributed by atoms with van der Waals surface area (Å²) < 4.78 is 41.0. The van der Waals surface area contributed by atoms with E-state index in [-0.39, 0.29) is 17.8 Å². The number of amides is 1. The second-order valence-corrected chi connectivity index (χ2v) is 7.40. The van der Waals surface area contributed by atoms with Crippen LogP contribution in [0.15, 0.2) is 36.4 Å². The van der Waals surface area contributed by atoms with E-state index in [1.54, 1.807) is 18.2 Å². The average molecular weight is 467 g/mol. The van der Waals surface area contributed by atoms with Crippen molar-refractivity contribution in [3.8, 4) is 0 Å². The fraction of sp³-hybridized carbons (Fsp3) is 0.519. The number of alkyl halides is 3. The van der Waals surface area contributed by atoms with E-state index in [2.05, 4.69) is 5.32 Å². The summed E-state index contributed by atoms with van der Waals surface area (Å²) in [6, 6.07) is 9.27. The Morgan fingerprint density at radius 1 is 0.879 bits per heavy atom. The molecule has 0 aliphatic heterocycles. The van der Waals surface area contributed by atoms with Gasteiger partial charge in [0.05, 0.1) is 5.56 Å². The highest BCUT2D eigenvalue weighted by Crippen LogP contribution is 2.34. The Hall–Kier alpha value is -2.34. The molecule has 2 aromatic carbocycles. The van der Waals surface area contributed by atoms with Crippen LogP contribution in [0.1, 0.15) is 87.0 Å². The molecule has 0 fully saturated rings. The number of benzene rings is 2. The number of nitrogens with one attached hydrogen (secondary N) is 1. The zero-order valence-electron chi connectivity index (χ0n) is 21.5. The number of halogens is 3. The molecule has 1 amide bonds. The topological polar surface area (TPSA) is 32.3 Å². The van der Waals surface area contributed by atoms with Gasteiger partial charge in [0.25, 0.3) is 5.91 Å². The number of carbonyl (C=O) groups is 1. The minimum absolute atomic E-state index is 0.141. The summed E-state index contributed by atoms with van der Waals surface area (Å²) in [6.45, 7) is 17.6. The van der Waals surface area contributed by atoms with Crippen molar-refractivity contribution in [3.63, 3.8) is 0 Å². The maximum atomic E-state index is 13.7. The number of aryl methyl sites for hydroxylation is 2. The molecule has 1 N–H and O–H groups in total. The molecule has 0 aliphatic carbocycles. The Labute approximate surface area is 198 Å². The van der Waals surface area contributed by atoms with Crippen LogP contribution in [0.4, 0.5) is 18.9 Å². The van der Waals surface area contributed by atoms with Crippen molar-refractivity contribution < 1.29 is 18.0 Å². The highest BCUT2D eigenvalue weighted by molar-refractivity contribution is 6.04. The summed E-state index contributed by atoms with van der Waals surface area (Å²) in [5.41, 5.74) is 2.09. The van der Waals surface area contributed by atoms with E-state index in [0.717, 1.165) is 43.1 Å². The third-order valence-electron chi connectivity index (χ3n) is 4.92. The molecule has 0 radical (unpaired) electrons. The Kier molecular flexibility index (Phi) is 14.4. The van der Waals surface area contributed by atoms with Gasteiger partial charge < -0.3 is 5.32 Å². The highest BCUT2D eigenvalue weighted by Gasteiger charge is 2.34. The quantitative estimate of drug-likeness (QED) is 0.425. The van der Waals surface area contributed by atoms with Crippen molar-refractivity contribution in [3.05, 3.63) is 64.2 Å². The maximum absolute atomic E-state index is 13.7. The van der Waals surface area contributed by atoms with Gasteiger partial charge in [-0.25, -0.2) is 0 Å². The van der Waals surface area contributed by atoms with Crippen LogP contribution in [0.5, 0.6) is 0 Å². The summed E-state index contributed by atoms with van der Waals surface area (Å²) in [4.78, 5) is 14.5. The van der Waals surface area contributed by atoms with E-state index in [9.17, 15) is 18.0 Å². The summed E-state index contributed by atoms with van der Waals surface area (Å²) in [7, 11) is 0. The lowest BCUT2D eigenvalue weighted by Crippen LogP contribution is -2.26. The van der Waals surface area contributed by atoms with Gasteiger partial charge in [0.15, 0.2) is 0 Å². The minimum Gasteiger partial charge on any atom is -0.322 e. The molecule has 33 heavy (non-hydrogen) atoms. The maximum Gasteiger partial charge on any atom is 0.416 e. The van der Waals surface area contributed by atoms with E-state index in [1.165, 1.54) is 6.07 Å². The largest absolute Gasteiger partial charge is 0.416 e. The van der Waals surface area contributed by atoms with Gasteiger partial charge >= 0.3 is 6.18 Å². The fourth-order valence-corrected chi connectivity index (χ4v) is 3.29. The molecule has 0 aliphatic rings. The van der Waals surface area contributed by atoms with Gasteiger partial charge in [-0.05, 0) is 80.7 Å². The van der Waals surface area contributed by atoms with Crippen LogP contribution in [-0.2, 0) is 12.7 Å². The SMILES string of the molecule is CC.CC.CCCN(CCC)Cc1ccc(NC(=O)c2ccc(C)c(C)c2)cc1C(F)(F)F. The van der Waals surface area contributed by atoms with Gasteiger partial charge in [-0.3, -0.25) is 9.69 Å². The van der Waals surface area contributed by atoms with Gasteiger partial charge in [-0.2, -0.15) is 13.2 Å². The van der Waals surface area contributed by atoms with Crippen molar-refractivity contribution in [2.75, 3.05) is 18.4 Å². The normalized spacial score (nSPS) is 10.7. The van der Waals surface area contributed by atoms with E-state index in [1.807, 2.05) is 66.4 Å². The molecule has 0 heterocycles. The number of carbonyl (C=O) groups excluding carboxylic acids is 1. The molecule has 3 nitrogen and oxygen atoms in total. The van der Waals surface area contributed by atoms with Crippen LogP contribution in [0.3, 0.4) is 0 Å². The first-order valence-corrected chi connectivity index (χ1v) is 12.0. The fourth-order valence-electron chi connectivity index (χ4n) is 3.29. The molecule has 0 bridgehead atoms. The summed E-state index contributed by atoms with van der Waals surface area (Å²) >= 11 is 0. The number of rotatable bonds is 8. The summed E-state index contributed by atoms with van der Waals surface area (Å²) in [6.07, 6.45) is -2.72. The van der Waals surface area contributed by atoms with Gasteiger partial charge in [0, 0.05) is 17.8 Å². The number of hydrogen-bond acceptors (Lipinski definition) is 2. The molecule has 0 spiro atoms.